The summed E-state index contributed by atoms with van der Waals surface area (Å²) in [5.74, 6) is 0. The van der Waals surface area contributed by atoms with Crippen LogP contribution < -0.4 is 0 Å². The predicted octanol–water partition coefficient (Wildman–Crippen LogP) is 4.81. The van der Waals surface area contributed by atoms with Crippen molar-refractivity contribution in [2.75, 3.05) is 0 Å². The summed E-state index contributed by atoms with van der Waals surface area (Å²) >= 11 is 0. The summed E-state index contributed by atoms with van der Waals surface area (Å²) in [5, 5.41) is 0. The van der Waals surface area contributed by atoms with Gasteiger partial charge < -0.3 is 0 Å². The van der Waals surface area contributed by atoms with Crippen molar-refractivity contribution in [3.63, 3.8) is 0 Å². The molecule has 0 rings (SSSR count). The molecule has 0 N–H and O–H groups in total. The maximum absolute atomic E-state index is 4.09. The number of hydrogen-bond donors (Lipinski definition) is 0. The Kier molecular flexibility index (Phi) is 14.2. The van der Waals surface area contributed by atoms with E-state index in [1.807, 2.05) is 0 Å². The Balaban J connectivity index is 0. The second kappa shape index (κ2) is 12.0. The van der Waals surface area contributed by atoms with Gasteiger partial charge in [-0.2, -0.15) is 0 Å². The first-order valence-corrected chi connectivity index (χ1v) is 6.88. The summed E-state index contributed by atoms with van der Waals surface area (Å²) in [4.78, 5) is 0. The van der Waals surface area contributed by atoms with Crippen molar-refractivity contribution in [3.8, 4) is 0 Å². The van der Waals surface area contributed by atoms with Crippen LogP contribution in [0.1, 0.15) is 78.6 Å². The summed E-state index contributed by atoms with van der Waals surface area (Å²) in [5.41, 5.74) is 0.460. The van der Waals surface area contributed by atoms with E-state index < -0.39 is 0 Å². The molecule has 16 heavy (non-hydrogen) atoms. The number of unbranched alkanes of at least 4 members (excludes halogenated alkanes) is 3. The van der Waals surface area contributed by atoms with E-state index in [0.717, 1.165) is 0 Å². The SMILES string of the molecule is C=CC(CCCC)(CCCC)CCCC.[SnH2]. The van der Waals surface area contributed by atoms with Crippen molar-refractivity contribution >= 4 is 23.9 Å². The van der Waals surface area contributed by atoms with Gasteiger partial charge in [-0.3, -0.25) is 0 Å². The van der Waals surface area contributed by atoms with Gasteiger partial charge in [-0.15, -0.1) is 6.58 Å². The molecule has 0 spiro atoms. The molecule has 0 nitrogen and oxygen atoms in total. The van der Waals surface area contributed by atoms with Crippen molar-refractivity contribution in [2.45, 2.75) is 78.6 Å². The van der Waals surface area contributed by atoms with Gasteiger partial charge in [-0.25, -0.2) is 0 Å². The number of hydrogen-bond acceptors (Lipinski definition) is 0. The molecule has 0 aliphatic carbocycles. The second-order valence-electron chi connectivity index (χ2n) is 4.88. The maximum atomic E-state index is 4.09. The van der Waals surface area contributed by atoms with E-state index in [-0.39, 0.29) is 23.9 Å². The molecule has 0 heterocycles. The van der Waals surface area contributed by atoms with Gasteiger partial charge in [0.25, 0.3) is 0 Å². The molecule has 2 radical (unpaired) electrons. The molecule has 0 saturated carbocycles. The second-order valence-corrected chi connectivity index (χ2v) is 4.88. The van der Waals surface area contributed by atoms with Gasteiger partial charge in [0, 0.05) is 0 Å². The van der Waals surface area contributed by atoms with Gasteiger partial charge in [0.1, 0.15) is 0 Å². The Bertz CT molecular complexity index is 130. The Hall–Kier alpha value is 0.539. The Morgan fingerprint density at radius 1 is 0.812 bits per heavy atom. The molecule has 0 bridgehead atoms. The number of rotatable bonds is 10. The molecule has 1 heteroatoms. The molecule has 0 saturated heterocycles. The van der Waals surface area contributed by atoms with Crippen LogP contribution in [0, 0.1) is 5.41 Å². The van der Waals surface area contributed by atoms with Crippen molar-refractivity contribution in [3.05, 3.63) is 12.7 Å². The zero-order chi connectivity index (χ0) is 11.6. The zero-order valence-corrected chi connectivity index (χ0v) is 15.9. The van der Waals surface area contributed by atoms with Crippen LogP contribution in [0.2, 0.25) is 0 Å². The monoisotopic (exact) mass is 332 g/mol. The Morgan fingerprint density at radius 3 is 1.31 bits per heavy atom. The van der Waals surface area contributed by atoms with Gasteiger partial charge >= 0.3 is 23.9 Å². The van der Waals surface area contributed by atoms with E-state index in [0.29, 0.717) is 5.41 Å². The van der Waals surface area contributed by atoms with Gasteiger partial charge in [-0.1, -0.05) is 65.4 Å². The molecule has 0 fully saturated rings. The van der Waals surface area contributed by atoms with Crippen molar-refractivity contribution in [2.24, 2.45) is 5.41 Å². The molecular weight excluding hydrogens is 299 g/mol. The van der Waals surface area contributed by atoms with E-state index >= 15 is 0 Å². The molecule has 0 unspecified atom stereocenters. The van der Waals surface area contributed by atoms with E-state index in [4.69, 9.17) is 0 Å². The molecule has 0 aliphatic heterocycles. The summed E-state index contributed by atoms with van der Waals surface area (Å²) in [6.45, 7) is 10.9. The molecular formula is C15H32Sn. The first-order valence-electron chi connectivity index (χ1n) is 6.88. The first kappa shape index (κ1) is 18.9. The summed E-state index contributed by atoms with van der Waals surface area (Å²) in [7, 11) is 0. The Morgan fingerprint density at radius 2 is 1.12 bits per heavy atom. The van der Waals surface area contributed by atoms with E-state index in [1.165, 1.54) is 57.8 Å². The van der Waals surface area contributed by atoms with Crippen LogP contribution in [0.3, 0.4) is 0 Å². The van der Waals surface area contributed by atoms with Crippen LogP contribution in [0.4, 0.5) is 0 Å². The van der Waals surface area contributed by atoms with Crippen LogP contribution in [-0.2, 0) is 0 Å². The normalized spacial score (nSPS) is 10.9. The van der Waals surface area contributed by atoms with Gasteiger partial charge in [0.05, 0.1) is 0 Å². The van der Waals surface area contributed by atoms with Crippen LogP contribution in [0.15, 0.2) is 12.7 Å². The summed E-state index contributed by atoms with van der Waals surface area (Å²) < 4.78 is 0. The van der Waals surface area contributed by atoms with Crippen LogP contribution in [-0.4, -0.2) is 23.9 Å². The summed E-state index contributed by atoms with van der Waals surface area (Å²) in [6.07, 6.45) is 14.3. The minimum absolute atomic E-state index is 0. The fraction of sp³-hybridized carbons (Fsp3) is 0.867. The zero-order valence-electron chi connectivity index (χ0n) is 11.9. The third kappa shape index (κ3) is 7.75. The van der Waals surface area contributed by atoms with E-state index in [9.17, 15) is 0 Å². The first-order chi connectivity index (χ1) is 7.24. The quantitative estimate of drug-likeness (QED) is 0.398. The minimum atomic E-state index is 0. The molecule has 0 aromatic rings. The number of allylic oxidation sites excluding steroid dienone is 1. The average Bonchev–Trinajstić information content (AvgIpc) is 2.29. The fourth-order valence-electron chi connectivity index (χ4n) is 2.27. The predicted molar refractivity (Wildman–Crippen MR) is 79.7 cm³/mol. The molecule has 0 atom stereocenters. The third-order valence-electron chi connectivity index (χ3n) is 3.52. The van der Waals surface area contributed by atoms with Crippen LogP contribution >= 0.6 is 0 Å². The summed E-state index contributed by atoms with van der Waals surface area (Å²) in [6, 6.07) is 0. The molecule has 96 valence electrons. The molecule has 0 amide bonds. The molecule has 0 aromatic carbocycles. The average molecular weight is 331 g/mol. The standard InChI is InChI=1S/C15H30.Sn.2H/c1-5-9-12-15(8-4,13-10-6-2)14-11-7-3;;;/h8H,4-7,9-14H2,1-3H3;;;. The van der Waals surface area contributed by atoms with E-state index in [2.05, 4.69) is 33.4 Å². The third-order valence-corrected chi connectivity index (χ3v) is 3.52. The van der Waals surface area contributed by atoms with E-state index in [1.54, 1.807) is 0 Å². The van der Waals surface area contributed by atoms with Crippen LogP contribution in [0.25, 0.3) is 0 Å². The molecule has 0 aromatic heterocycles. The van der Waals surface area contributed by atoms with Crippen molar-refractivity contribution < 1.29 is 0 Å². The van der Waals surface area contributed by atoms with Crippen LogP contribution in [0.5, 0.6) is 0 Å². The van der Waals surface area contributed by atoms with Gasteiger partial charge in [0.15, 0.2) is 0 Å². The van der Waals surface area contributed by atoms with Gasteiger partial charge in [-0.05, 0) is 24.7 Å². The van der Waals surface area contributed by atoms with Crippen molar-refractivity contribution in [1.29, 1.82) is 0 Å². The van der Waals surface area contributed by atoms with Gasteiger partial charge in [0.2, 0.25) is 0 Å². The Labute approximate surface area is 120 Å². The fourth-order valence-corrected chi connectivity index (χ4v) is 2.27. The van der Waals surface area contributed by atoms with Crippen molar-refractivity contribution in [1.82, 2.24) is 0 Å². The topological polar surface area (TPSA) is 0 Å². The molecule has 0 aliphatic rings.